The van der Waals surface area contributed by atoms with Gasteiger partial charge in [0, 0.05) is 11.8 Å². The highest BCUT2D eigenvalue weighted by atomic mass is 35.5. The second-order valence-corrected chi connectivity index (χ2v) is 7.54. The minimum atomic E-state index is -0.757. The highest BCUT2D eigenvalue weighted by molar-refractivity contribution is 5.86. The SMILES string of the molecule is CC(C)(C)C(=O)O.CCOC(=O)CCC(=O)C(C)(C)C.CCOC(=O)CN.Cl. The number of halogens is 1. The van der Waals surface area contributed by atoms with Crippen LogP contribution in [0.4, 0.5) is 0 Å². The van der Waals surface area contributed by atoms with Crippen LogP contribution in [0.2, 0.25) is 0 Å². The third-order valence-electron chi connectivity index (χ3n) is 2.81. The van der Waals surface area contributed by atoms with Crippen LogP contribution in [0.3, 0.4) is 0 Å². The molecule has 0 spiro atoms. The van der Waals surface area contributed by atoms with Gasteiger partial charge in [0.25, 0.3) is 0 Å². The van der Waals surface area contributed by atoms with Gasteiger partial charge < -0.3 is 20.3 Å². The maximum atomic E-state index is 11.4. The average molecular weight is 428 g/mol. The minimum Gasteiger partial charge on any atom is -0.481 e. The van der Waals surface area contributed by atoms with Crippen LogP contribution in [0, 0.1) is 10.8 Å². The van der Waals surface area contributed by atoms with Gasteiger partial charge >= 0.3 is 17.9 Å². The first-order valence-corrected chi connectivity index (χ1v) is 8.91. The largest absolute Gasteiger partial charge is 0.481 e. The molecule has 0 heterocycles. The Balaban J connectivity index is -0.000000165. The number of carboxylic acid groups (broad SMARTS) is 1. The first-order chi connectivity index (χ1) is 12.1. The number of carbonyl (C=O) groups excluding carboxylic acids is 3. The fourth-order valence-corrected chi connectivity index (χ4v) is 1.04. The van der Waals surface area contributed by atoms with Crippen molar-refractivity contribution < 1.29 is 33.8 Å². The van der Waals surface area contributed by atoms with Crippen LogP contribution < -0.4 is 5.73 Å². The Labute approximate surface area is 174 Å². The molecule has 0 aromatic heterocycles. The summed E-state index contributed by atoms with van der Waals surface area (Å²) in [6.45, 7) is 14.8. The van der Waals surface area contributed by atoms with E-state index in [0.717, 1.165) is 0 Å². The number of carbonyl (C=O) groups is 4. The van der Waals surface area contributed by atoms with E-state index >= 15 is 0 Å². The normalized spacial score (nSPS) is 10.0. The molecule has 0 aliphatic rings. The molecular formula is C19H38ClNO7. The quantitative estimate of drug-likeness (QED) is 0.618. The molecule has 0 rings (SSSR count). The van der Waals surface area contributed by atoms with E-state index in [1.54, 1.807) is 34.6 Å². The Bertz CT molecular complexity index is 466. The van der Waals surface area contributed by atoms with Gasteiger partial charge in [0.2, 0.25) is 0 Å². The van der Waals surface area contributed by atoms with Gasteiger partial charge in [-0.25, -0.2) is 0 Å². The smallest absolute Gasteiger partial charge is 0.319 e. The summed E-state index contributed by atoms with van der Waals surface area (Å²) in [6, 6.07) is 0. The molecule has 0 aliphatic carbocycles. The summed E-state index contributed by atoms with van der Waals surface area (Å²) in [6.07, 6.45) is 0.478. The number of rotatable bonds is 6. The Hall–Kier alpha value is -1.67. The predicted molar refractivity (Wildman–Crippen MR) is 110 cm³/mol. The molecule has 168 valence electrons. The van der Waals surface area contributed by atoms with Crippen molar-refractivity contribution in [3.05, 3.63) is 0 Å². The van der Waals surface area contributed by atoms with Crippen LogP contribution in [0.5, 0.6) is 0 Å². The number of esters is 2. The molecule has 0 unspecified atom stereocenters. The molecule has 0 aromatic carbocycles. The Kier molecular flexibility index (Phi) is 21.1. The highest BCUT2D eigenvalue weighted by Gasteiger charge is 2.21. The van der Waals surface area contributed by atoms with Crippen molar-refractivity contribution in [2.45, 2.75) is 68.2 Å². The van der Waals surface area contributed by atoms with E-state index in [2.05, 4.69) is 4.74 Å². The standard InChI is InChI=1S/C10H18O3.C5H10O2.C4H9NO2.ClH/c1-5-13-9(12)7-6-8(11)10(2,3)4;1-5(2,3)4(6)7;1-2-7-4(6)3-5;/h5-7H2,1-4H3;1-3H3,(H,6,7);2-3,5H2,1H3;1H. The summed E-state index contributed by atoms with van der Waals surface area (Å²) in [7, 11) is 0. The molecular weight excluding hydrogens is 390 g/mol. The minimum absolute atomic E-state index is 0. The molecule has 0 bridgehead atoms. The molecule has 0 atom stereocenters. The van der Waals surface area contributed by atoms with Crippen LogP contribution in [0.25, 0.3) is 0 Å². The molecule has 0 aliphatic heterocycles. The molecule has 0 fully saturated rings. The number of ether oxygens (including phenoxy) is 2. The third-order valence-corrected chi connectivity index (χ3v) is 2.81. The molecule has 8 nitrogen and oxygen atoms in total. The topological polar surface area (TPSA) is 133 Å². The van der Waals surface area contributed by atoms with E-state index in [4.69, 9.17) is 15.6 Å². The lowest BCUT2D eigenvalue weighted by Gasteiger charge is -2.15. The summed E-state index contributed by atoms with van der Waals surface area (Å²) in [5.74, 6) is -1.30. The van der Waals surface area contributed by atoms with Crippen LogP contribution in [0.1, 0.15) is 68.2 Å². The Morgan fingerprint density at radius 2 is 1.14 bits per heavy atom. The maximum Gasteiger partial charge on any atom is 0.319 e. The van der Waals surface area contributed by atoms with Gasteiger partial charge in [-0.05, 0) is 34.6 Å². The molecule has 0 aromatic rings. The van der Waals surface area contributed by atoms with Crippen LogP contribution in [0.15, 0.2) is 0 Å². The maximum absolute atomic E-state index is 11.4. The number of hydrogen-bond donors (Lipinski definition) is 2. The highest BCUT2D eigenvalue weighted by Crippen LogP contribution is 2.17. The number of ketones is 1. The fraction of sp³-hybridized carbons (Fsp3) is 0.789. The summed E-state index contributed by atoms with van der Waals surface area (Å²) < 4.78 is 9.14. The number of aliphatic carboxylic acids is 1. The van der Waals surface area contributed by atoms with Crippen molar-refractivity contribution in [3.8, 4) is 0 Å². The summed E-state index contributed by atoms with van der Waals surface area (Å²) in [5, 5.41) is 8.25. The number of carboxylic acids is 1. The molecule has 0 saturated heterocycles. The summed E-state index contributed by atoms with van der Waals surface area (Å²) in [4.78, 5) is 42.4. The van der Waals surface area contributed by atoms with Crippen molar-refractivity contribution in [2.75, 3.05) is 19.8 Å². The zero-order chi connectivity index (χ0) is 22.3. The molecule has 9 heteroatoms. The van der Waals surface area contributed by atoms with E-state index in [-0.39, 0.29) is 54.9 Å². The van der Waals surface area contributed by atoms with E-state index < -0.39 is 11.4 Å². The van der Waals surface area contributed by atoms with Crippen LogP contribution >= 0.6 is 12.4 Å². The van der Waals surface area contributed by atoms with Crippen molar-refractivity contribution in [2.24, 2.45) is 16.6 Å². The van der Waals surface area contributed by atoms with E-state index in [1.165, 1.54) is 0 Å². The second kappa shape index (κ2) is 17.4. The second-order valence-electron chi connectivity index (χ2n) is 7.54. The lowest BCUT2D eigenvalue weighted by Crippen LogP contribution is -2.21. The predicted octanol–water partition coefficient (Wildman–Crippen LogP) is 2.99. The van der Waals surface area contributed by atoms with Crippen molar-refractivity contribution in [1.29, 1.82) is 0 Å². The van der Waals surface area contributed by atoms with Gasteiger partial charge in [-0.2, -0.15) is 0 Å². The molecule has 0 saturated carbocycles. The van der Waals surface area contributed by atoms with E-state index in [1.807, 2.05) is 20.8 Å². The van der Waals surface area contributed by atoms with E-state index in [0.29, 0.717) is 13.2 Å². The van der Waals surface area contributed by atoms with Gasteiger partial charge in [0.05, 0.1) is 31.6 Å². The summed E-state index contributed by atoms with van der Waals surface area (Å²) >= 11 is 0. The molecule has 3 N–H and O–H groups in total. The van der Waals surface area contributed by atoms with Gasteiger partial charge in [0.1, 0.15) is 5.78 Å². The van der Waals surface area contributed by atoms with Crippen molar-refractivity contribution >= 4 is 36.1 Å². The number of hydrogen-bond acceptors (Lipinski definition) is 7. The average Bonchev–Trinajstić information content (AvgIpc) is 2.52. The zero-order valence-corrected chi connectivity index (χ0v) is 19.2. The molecule has 0 amide bonds. The van der Waals surface area contributed by atoms with Crippen molar-refractivity contribution in [1.82, 2.24) is 0 Å². The van der Waals surface area contributed by atoms with Gasteiger partial charge in [-0.3, -0.25) is 19.2 Å². The van der Waals surface area contributed by atoms with Gasteiger partial charge in [0.15, 0.2) is 0 Å². The first-order valence-electron chi connectivity index (χ1n) is 8.91. The lowest BCUT2D eigenvalue weighted by atomic mass is 9.88. The third kappa shape index (κ3) is 24.3. The van der Waals surface area contributed by atoms with Crippen molar-refractivity contribution in [3.63, 3.8) is 0 Å². The zero-order valence-electron chi connectivity index (χ0n) is 18.4. The van der Waals surface area contributed by atoms with Crippen LogP contribution in [-0.2, 0) is 28.7 Å². The monoisotopic (exact) mass is 427 g/mol. The van der Waals surface area contributed by atoms with Gasteiger partial charge in [-0.1, -0.05) is 20.8 Å². The lowest BCUT2D eigenvalue weighted by molar-refractivity contribution is -0.146. The van der Waals surface area contributed by atoms with Gasteiger partial charge in [-0.15, -0.1) is 12.4 Å². The first kappa shape index (κ1) is 33.9. The Morgan fingerprint density at radius 3 is 1.36 bits per heavy atom. The summed E-state index contributed by atoms with van der Waals surface area (Å²) in [5.41, 5.74) is 3.95. The number of Topliss-reactive ketones (excluding diaryl/α,β-unsaturated/α-hetero) is 1. The Morgan fingerprint density at radius 1 is 0.786 bits per heavy atom. The van der Waals surface area contributed by atoms with E-state index in [9.17, 15) is 19.2 Å². The molecule has 0 radical (unpaired) electrons. The van der Waals surface area contributed by atoms with Crippen LogP contribution in [-0.4, -0.2) is 48.6 Å². The fourth-order valence-electron chi connectivity index (χ4n) is 1.04. The molecule has 28 heavy (non-hydrogen) atoms. The number of nitrogens with two attached hydrogens (primary N) is 1.